The second kappa shape index (κ2) is 5.94. The van der Waals surface area contributed by atoms with Crippen molar-refractivity contribution < 1.29 is 0 Å². The van der Waals surface area contributed by atoms with Gasteiger partial charge >= 0.3 is 0 Å². The highest BCUT2D eigenvalue weighted by molar-refractivity contribution is 7.09. The van der Waals surface area contributed by atoms with Crippen LogP contribution in [0, 0.1) is 0 Å². The van der Waals surface area contributed by atoms with E-state index in [4.69, 9.17) is 5.73 Å². The molecule has 0 bridgehead atoms. The fourth-order valence-corrected chi connectivity index (χ4v) is 2.59. The minimum atomic E-state index is 0.241. The molecule has 90 valence electrons. The van der Waals surface area contributed by atoms with Gasteiger partial charge in [0, 0.05) is 24.3 Å². The molecule has 0 fully saturated rings. The molecule has 0 radical (unpaired) electrons. The van der Waals surface area contributed by atoms with Crippen LogP contribution < -0.4 is 5.73 Å². The van der Waals surface area contributed by atoms with Crippen LogP contribution in [-0.4, -0.2) is 11.0 Å². The zero-order valence-electron chi connectivity index (χ0n) is 10.1. The summed E-state index contributed by atoms with van der Waals surface area (Å²) in [5.74, 6) is 0. The van der Waals surface area contributed by atoms with Gasteiger partial charge in [-0.1, -0.05) is 37.3 Å². The van der Waals surface area contributed by atoms with Gasteiger partial charge in [-0.15, -0.1) is 11.3 Å². The lowest BCUT2D eigenvalue weighted by molar-refractivity contribution is 0.643. The lowest BCUT2D eigenvalue weighted by Gasteiger charge is -2.04. The molecular weight excluding hydrogens is 228 g/mol. The largest absolute Gasteiger partial charge is 0.327 e. The summed E-state index contributed by atoms with van der Waals surface area (Å²) in [4.78, 5) is 4.63. The van der Waals surface area contributed by atoms with Crippen LogP contribution in [0.3, 0.4) is 0 Å². The molecule has 2 rings (SSSR count). The number of aromatic nitrogens is 1. The number of hydrogen-bond donors (Lipinski definition) is 1. The Kier molecular flexibility index (Phi) is 4.29. The van der Waals surface area contributed by atoms with Gasteiger partial charge in [-0.25, -0.2) is 4.98 Å². The smallest absolute Gasteiger partial charge is 0.0943 e. The number of rotatable bonds is 5. The maximum Gasteiger partial charge on any atom is 0.0943 e. The van der Waals surface area contributed by atoms with Gasteiger partial charge in [0.1, 0.15) is 0 Å². The molecule has 17 heavy (non-hydrogen) atoms. The second-order valence-corrected chi connectivity index (χ2v) is 5.21. The Bertz CT molecular complexity index is 450. The van der Waals surface area contributed by atoms with E-state index in [0.29, 0.717) is 0 Å². The van der Waals surface area contributed by atoms with Gasteiger partial charge in [-0.05, 0) is 12.0 Å². The van der Waals surface area contributed by atoms with Crippen molar-refractivity contribution in [1.29, 1.82) is 0 Å². The SMILES string of the molecule is CCC(N)Cc1nc(Cc2ccccc2)cs1. The van der Waals surface area contributed by atoms with Crippen LogP contribution in [-0.2, 0) is 12.8 Å². The van der Waals surface area contributed by atoms with Crippen molar-refractivity contribution in [2.45, 2.75) is 32.2 Å². The standard InChI is InChI=1S/C14H18N2S/c1-2-12(15)9-14-16-13(10-17-14)8-11-6-4-3-5-7-11/h3-7,10,12H,2,8-9,15H2,1H3. The summed E-state index contributed by atoms with van der Waals surface area (Å²) in [5.41, 5.74) is 8.40. The van der Waals surface area contributed by atoms with E-state index in [1.54, 1.807) is 11.3 Å². The van der Waals surface area contributed by atoms with E-state index in [9.17, 15) is 0 Å². The van der Waals surface area contributed by atoms with Crippen LogP contribution in [0.15, 0.2) is 35.7 Å². The van der Waals surface area contributed by atoms with Crippen LogP contribution in [0.5, 0.6) is 0 Å². The van der Waals surface area contributed by atoms with Crippen LogP contribution in [0.25, 0.3) is 0 Å². The minimum absolute atomic E-state index is 0.241. The fraction of sp³-hybridized carbons (Fsp3) is 0.357. The first-order valence-corrected chi connectivity index (χ1v) is 6.88. The molecule has 2 aromatic rings. The van der Waals surface area contributed by atoms with E-state index in [1.165, 1.54) is 5.56 Å². The Hall–Kier alpha value is -1.19. The Balaban J connectivity index is 1.99. The molecule has 0 amide bonds. The van der Waals surface area contributed by atoms with Gasteiger partial charge in [-0.2, -0.15) is 0 Å². The predicted octanol–water partition coefficient (Wildman–Crippen LogP) is 3.01. The zero-order chi connectivity index (χ0) is 12.1. The first-order valence-electron chi connectivity index (χ1n) is 6.00. The number of nitrogens with two attached hydrogens (primary N) is 1. The normalized spacial score (nSPS) is 12.6. The summed E-state index contributed by atoms with van der Waals surface area (Å²) < 4.78 is 0. The predicted molar refractivity (Wildman–Crippen MR) is 73.3 cm³/mol. The molecule has 1 atom stereocenters. The monoisotopic (exact) mass is 246 g/mol. The molecule has 1 unspecified atom stereocenters. The highest BCUT2D eigenvalue weighted by Gasteiger charge is 2.06. The molecule has 2 N–H and O–H groups in total. The third-order valence-corrected chi connectivity index (χ3v) is 3.71. The summed E-state index contributed by atoms with van der Waals surface area (Å²) in [5, 5.41) is 3.30. The summed E-state index contributed by atoms with van der Waals surface area (Å²) in [6.07, 6.45) is 2.82. The molecule has 1 aromatic heterocycles. The highest BCUT2D eigenvalue weighted by Crippen LogP contribution is 2.15. The quantitative estimate of drug-likeness (QED) is 0.880. The van der Waals surface area contributed by atoms with Crippen molar-refractivity contribution in [3.8, 4) is 0 Å². The van der Waals surface area contributed by atoms with Gasteiger partial charge in [0.15, 0.2) is 0 Å². The topological polar surface area (TPSA) is 38.9 Å². The van der Waals surface area contributed by atoms with Crippen molar-refractivity contribution in [2.75, 3.05) is 0 Å². The van der Waals surface area contributed by atoms with Crippen LogP contribution in [0.1, 0.15) is 29.6 Å². The summed E-state index contributed by atoms with van der Waals surface area (Å²) in [6.45, 7) is 2.11. The molecule has 0 spiro atoms. The molecular formula is C14H18N2S. The van der Waals surface area contributed by atoms with E-state index in [0.717, 1.165) is 30.0 Å². The third kappa shape index (κ3) is 3.65. The van der Waals surface area contributed by atoms with E-state index < -0.39 is 0 Å². The van der Waals surface area contributed by atoms with E-state index in [2.05, 4.69) is 41.6 Å². The lowest BCUT2D eigenvalue weighted by Crippen LogP contribution is -2.21. The molecule has 0 aliphatic rings. The van der Waals surface area contributed by atoms with Crippen LogP contribution in [0.2, 0.25) is 0 Å². The van der Waals surface area contributed by atoms with E-state index >= 15 is 0 Å². The Morgan fingerprint density at radius 3 is 2.76 bits per heavy atom. The molecule has 0 saturated heterocycles. The average Bonchev–Trinajstić information content (AvgIpc) is 2.77. The summed E-state index contributed by atoms with van der Waals surface area (Å²) >= 11 is 1.72. The first-order chi connectivity index (χ1) is 8.28. The van der Waals surface area contributed by atoms with Crippen molar-refractivity contribution in [3.63, 3.8) is 0 Å². The Morgan fingerprint density at radius 1 is 1.29 bits per heavy atom. The zero-order valence-corrected chi connectivity index (χ0v) is 10.9. The number of nitrogens with zero attached hydrogens (tertiary/aromatic N) is 1. The number of benzene rings is 1. The lowest BCUT2D eigenvalue weighted by atomic mass is 10.1. The van der Waals surface area contributed by atoms with Crippen molar-refractivity contribution in [1.82, 2.24) is 4.98 Å². The molecule has 1 heterocycles. The Labute approximate surface area is 107 Å². The highest BCUT2D eigenvalue weighted by atomic mass is 32.1. The number of thiazole rings is 1. The summed E-state index contributed by atoms with van der Waals surface area (Å²) in [6, 6.07) is 10.7. The van der Waals surface area contributed by atoms with E-state index in [-0.39, 0.29) is 6.04 Å². The molecule has 1 aromatic carbocycles. The Morgan fingerprint density at radius 2 is 2.06 bits per heavy atom. The van der Waals surface area contributed by atoms with Crippen molar-refractivity contribution in [2.24, 2.45) is 5.73 Å². The van der Waals surface area contributed by atoms with Gasteiger partial charge in [0.2, 0.25) is 0 Å². The maximum atomic E-state index is 5.93. The average molecular weight is 246 g/mol. The molecule has 0 aliphatic carbocycles. The van der Waals surface area contributed by atoms with Crippen molar-refractivity contribution in [3.05, 3.63) is 52.0 Å². The fourth-order valence-electron chi connectivity index (χ4n) is 1.70. The van der Waals surface area contributed by atoms with Crippen LogP contribution >= 0.6 is 11.3 Å². The van der Waals surface area contributed by atoms with Gasteiger partial charge in [0.25, 0.3) is 0 Å². The van der Waals surface area contributed by atoms with Crippen LogP contribution in [0.4, 0.5) is 0 Å². The van der Waals surface area contributed by atoms with Gasteiger partial charge in [-0.3, -0.25) is 0 Å². The molecule has 2 nitrogen and oxygen atoms in total. The minimum Gasteiger partial charge on any atom is -0.327 e. The van der Waals surface area contributed by atoms with Gasteiger partial charge < -0.3 is 5.73 Å². The maximum absolute atomic E-state index is 5.93. The second-order valence-electron chi connectivity index (χ2n) is 4.27. The summed E-state index contributed by atoms with van der Waals surface area (Å²) in [7, 11) is 0. The molecule has 3 heteroatoms. The molecule has 0 saturated carbocycles. The van der Waals surface area contributed by atoms with Gasteiger partial charge in [0.05, 0.1) is 10.7 Å². The number of hydrogen-bond acceptors (Lipinski definition) is 3. The molecule has 0 aliphatic heterocycles. The van der Waals surface area contributed by atoms with Crippen molar-refractivity contribution >= 4 is 11.3 Å². The third-order valence-electron chi connectivity index (χ3n) is 2.79. The van der Waals surface area contributed by atoms with E-state index in [1.807, 2.05) is 6.07 Å². The first kappa shape index (κ1) is 12.3.